The number of rotatable bonds is 11. The predicted molar refractivity (Wildman–Crippen MR) is 138 cm³/mol. The Balaban J connectivity index is 1.34. The number of ether oxygens (including phenoxy) is 1. The molecule has 2 aliphatic rings. The van der Waals surface area contributed by atoms with Crippen LogP contribution < -0.4 is 10.6 Å². The lowest BCUT2D eigenvalue weighted by molar-refractivity contribution is 0.0342. The molecule has 5 rings (SSSR count). The molecule has 1 saturated carbocycles. The van der Waals surface area contributed by atoms with Crippen molar-refractivity contribution in [2.75, 3.05) is 50.1 Å². The number of fused-ring (bicyclic) bond motifs is 1. The SMILES string of the molecule is OCCCCCNc1nc(Nc2ccc(CN3CCOCC3)cc2)c2ncn(C3CCCC3)c2n1. The maximum Gasteiger partial charge on any atom is 0.226 e. The minimum Gasteiger partial charge on any atom is -0.396 e. The van der Waals surface area contributed by atoms with Crippen molar-refractivity contribution in [2.24, 2.45) is 0 Å². The maximum atomic E-state index is 9.02. The number of aliphatic hydroxyl groups is 1. The van der Waals surface area contributed by atoms with Crippen molar-refractivity contribution in [3.05, 3.63) is 36.2 Å². The molecule has 35 heavy (non-hydrogen) atoms. The number of imidazole rings is 1. The average Bonchev–Trinajstić information content (AvgIpc) is 3.56. The van der Waals surface area contributed by atoms with Crippen LogP contribution in [0.4, 0.5) is 17.5 Å². The largest absolute Gasteiger partial charge is 0.396 e. The summed E-state index contributed by atoms with van der Waals surface area (Å²) in [7, 11) is 0. The van der Waals surface area contributed by atoms with Crippen LogP contribution in [0.1, 0.15) is 56.6 Å². The number of nitrogens with zero attached hydrogens (tertiary/aromatic N) is 5. The van der Waals surface area contributed by atoms with Gasteiger partial charge in [-0.2, -0.15) is 9.97 Å². The Morgan fingerprint density at radius 3 is 2.57 bits per heavy atom. The highest BCUT2D eigenvalue weighted by atomic mass is 16.5. The van der Waals surface area contributed by atoms with Gasteiger partial charge in [-0.15, -0.1) is 0 Å². The van der Waals surface area contributed by atoms with E-state index in [2.05, 4.69) is 44.4 Å². The van der Waals surface area contributed by atoms with Gasteiger partial charge in [-0.05, 0) is 49.8 Å². The number of unbranched alkanes of at least 4 members (excludes halogenated alkanes) is 2. The van der Waals surface area contributed by atoms with Crippen LogP contribution in [-0.4, -0.2) is 69.0 Å². The van der Waals surface area contributed by atoms with Gasteiger partial charge in [0, 0.05) is 44.5 Å². The third kappa shape index (κ3) is 6.09. The van der Waals surface area contributed by atoms with Gasteiger partial charge in [0.15, 0.2) is 17.0 Å². The summed E-state index contributed by atoms with van der Waals surface area (Å²) >= 11 is 0. The Bertz CT molecular complexity index is 1070. The van der Waals surface area contributed by atoms with Crippen molar-refractivity contribution in [2.45, 2.75) is 57.5 Å². The van der Waals surface area contributed by atoms with Crippen LogP contribution in [0.3, 0.4) is 0 Å². The van der Waals surface area contributed by atoms with E-state index in [0.717, 1.165) is 81.3 Å². The van der Waals surface area contributed by atoms with Gasteiger partial charge >= 0.3 is 0 Å². The first-order valence-electron chi connectivity index (χ1n) is 13.1. The Labute approximate surface area is 206 Å². The molecule has 2 aromatic heterocycles. The van der Waals surface area contributed by atoms with Crippen molar-refractivity contribution in [3.8, 4) is 0 Å². The molecule has 9 nitrogen and oxygen atoms in total. The molecule has 1 aliphatic heterocycles. The summed E-state index contributed by atoms with van der Waals surface area (Å²) in [6, 6.07) is 9.03. The molecular formula is C26H37N7O2. The van der Waals surface area contributed by atoms with Gasteiger partial charge in [0.1, 0.15) is 0 Å². The van der Waals surface area contributed by atoms with Crippen molar-refractivity contribution < 1.29 is 9.84 Å². The Hall–Kier alpha value is -2.75. The van der Waals surface area contributed by atoms with Crippen LogP contribution in [0, 0.1) is 0 Å². The predicted octanol–water partition coefficient (Wildman–Crippen LogP) is 4.09. The second-order valence-electron chi connectivity index (χ2n) is 9.58. The molecule has 1 saturated heterocycles. The minimum atomic E-state index is 0.238. The maximum absolute atomic E-state index is 9.02. The van der Waals surface area contributed by atoms with Crippen molar-refractivity contribution in [1.82, 2.24) is 24.4 Å². The Kier molecular flexibility index (Phi) is 8.07. The molecule has 0 bridgehead atoms. The topological polar surface area (TPSA) is 100 Å². The van der Waals surface area contributed by atoms with Gasteiger partial charge in [-0.1, -0.05) is 25.0 Å². The van der Waals surface area contributed by atoms with E-state index in [1.807, 2.05) is 6.33 Å². The van der Waals surface area contributed by atoms with Gasteiger partial charge in [-0.3, -0.25) is 4.90 Å². The average molecular weight is 480 g/mol. The van der Waals surface area contributed by atoms with Gasteiger partial charge in [0.05, 0.1) is 19.5 Å². The quantitative estimate of drug-likeness (QED) is 0.354. The molecule has 0 atom stereocenters. The van der Waals surface area contributed by atoms with Crippen LogP contribution in [0.25, 0.3) is 11.2 Å². The van der Waals surface area contributed by atoms with Crippen LogP contribution in [0.2, 0.25) is 0 Å². The molecule has 1 aliphatic carbocycles. The lowest BCUT2D eigenvalue weighted by atomic mass is 10.2. The summed E-state index contributed by atoms with van der Waals surface area (Å²) in [6.07, 6.45) is 9.56. The molecule has 3 heterocycles. The van der Waals surface area contributed by atoms with Gasteiger partial charge < -0.3 is 25.0 Å². The summed E-state index contributed by atoms with van der Waals surface area (Å²) in [4.78, 5) is 16.8. The first kappa shape index (κ1) is 24.0. The molecular weight excluding hydrogens is 442 g/mol. The third-order valence-electron chi connectivity index (χ3n) is 6.98. The van der Waals surface area contributed by atoms with Crippen LogP contribution >= 0.6 is 0 Å². The minimum absolute atomic E-state index is 0.238. The van der Waals surface area contributed by atoms with E-state index in [4.69, 9.17) is 24.8 Å². The molecule has 3 aromatic rings. The normalized spacial score (nSPS) is 17.3. The summed E-state index contributed by atoms with van der Waals surface area (Å²) < 4.78 is 7.69. The Morgan fingerprint density at radius 2 is 1.80 bits per heavy atom. The van der Waals surface area contributed by atoms with Gasteiger partial charge in [-0.25, -0.2) is 4.98 Å². The second-order valence-corrected chi connectivity index (χ2v) is 9.58. The fourth-order valence-electron chi connectivity index (χ4n) is 4.99. The van der Waals surface area contributed by atoms with Crippen LogP contribution in [0.15, 0.2) is 30.6 Å². The molecule has 2 fully saturated rings. The molecule has 0 amide bonds. The summed E-state index contributed by atoms with van der Waals surface area (Å²) in [5.41, 5.74) is 3.97. The van der Waals surface area contributed by atoms with E-state index < -0.39 is 0 Å². The number of nitrogens with one attached hydrogen (secondary N) is 2. The number of benzene rings is 1. The van der Waals surface area contributed by atoms with E-state index in [1.54, 1.807) is 0 Å². The van der Waals surface area contributed by atoms with E-state index in [1.165, 1.54) is 31.2 Å². The number of aromatic nitrogens is 4. The van der Waals surface area contributed by atoms with E-state index >= 15 is 0 Å². The highest BCUT2D eigenvalue weighted by Crippen LogP contribution is 2.33. The second kappa shape index (κ2) is 11.8. The zero-order valence-corrected chi connectivity index (χ0v) is 20.5. The fraction of sp³-hybridized carbons (Fsp3) is 0.577. The standard InChI is InChI=1S/C26H37N7O2/c34-15-5-1-4-12-27-26-30-24(23-25(31-26)33(19-28-23)22-6-2-3-7-22)29-21-10-8-20(9-11-21)18-32-13-16-35-17-14-32/h8-11,19,22,34H,1-7,12-18H2,(H2,27,29,30,31). The lowest BCUT2D eigenvalue weighted by Crippen LogP contribution is -2.35. The lowest BCUT2D eigenvalue weighted by Gasteiger charge is -2.26. The Morgan fingerprint density at radius 1 is 1.00 bits per heavy atom. The summed E-state index contributed by atoms with van der Waals surface area (Å²) in [5.74, 6) is 1.35. The highest BCUT2D eigenvalue weighted by Gasteiger charge is 2.22. The van der Waals surface area contributed by atoms with E-state index in [0.29, 0.717) is 12.0 Å². The molecule has 0 radical (unpaired) electrons. The first-order valence-corrected chi connectivity index (χ1v) is 13.1. The molecule has 1 aromatic carbocycles. The molecule has 0 unspecified atom stereocenters. The van der Waals surface area contributed by atoms with Crippen LogP contribution in [0.5, 0.6) is 0 Å². The summed E-state index contributed by atoms with van der Waals surface area (Å²) in [6.45, 7) is 5.55. The summed E-state index contributed by atoms with van der Waals surface area (Å²) in [5, 5.41) is 15.9. The monoisotopic (exact) mass is 479 g/mol. The fourth-order valence-corrected chi connectivity index (χ4v) is 4.99. The number of morpholine rings is 1. The molecule has 9 heteroatoms. The molecule has 0 spiro atoms. The van der Waals surface area contributed by atoms with Gasteiger partial charge in [0.2, 0.25) is 5.95 Å². The van der Waals surface area contributed by atoms with Crippen molar-refractivity contribution in [3.63, 3.8) is 0 Å². The van der Waals surface area contributed by atoms with Crippen molar-refractivity contribution >= 4 is 28.6 Å². The zero-order valence-electron chi connectivity index (χ0n) is 20.5. The smallest absolute Gasteiger partial charge is 0.226 e. The molecule has 3 N–H and O–H groups in total. The van der Waals surface area contributed by atoms with E-state index in [9.17, 15) is 0 Å². The van der Waals surface area contributed by atoms with E-state index in [-0.39, 0.29) is 6.61 Å². The number of anilines is 3. The number of hydrogen-bond acceptors (Lipinski definition) is 8. The first-order chi connectivity index (χ1) is 17.3. The zero-order chi connectivity index (χ0) is 23.9. The van der Waals surface area contributed by atoms with Crippen LogP contribution in [-0.2, 0) is 11.3 Å². The third-order valence-corrected chi connectivity index (χ3v) is 6.98. The number of hydrogen-bond donors (Lipinski definition) is 3. The number of aliphatic hydroxyl groups excluding tert-OH is 1. The van der Waals surface area contributed by atoms with Gasteiger partial charge in [0.25, 0.3) is 0 Å². The molecule has 188 valence electrons. The highest BCUT2D eigenvalue weighted by molar-refractivity contribution is 5.86. The van der Waals surface area contributed by atoms with Crippen molar-refractivity contribution in [1.29, 1.82) is 0 Å².